The van der Waals surface area contributed by atoms with E-state index in [2.05, 4.69) is 5.32 Å². The normalized spacial score (nSPS) is 19.2. The second kappa shape index (κ2) is 8.98. The van der Waals surface area contributed by atoms with Crippen LogP contribution in [0.4, 0.5) is 4.79 Å². The maximum absolute atomic E-state index is 12.2. The lowest BCUT2D eigenvalue weighted by Gasteiger charge is -2.28. The molecule has 0 saturated heterocycles. The number of Topliss-reactive ketones (excluding diaryl/α,β-unsaturated/α-hetero) is 1. The molecule has 0 aromatic heterocycles. The number of rotatable bonds is 5. The molecule has 140 valence electrons. The molecule has 1 amide bonds. The molecule has 1 N–H and O–H groups in total. The van der Waals surface area contributed by atoms with E-state index < -0.39 is 18.2 Å². The Hall–Kier alpha value is -3.15. The third kappa shape index (κ3) is 5.41. The van der Waals surface area contributed by atoms with Gasteiger partial charge in [0.15, 0.2) is 11.9 Å². The Balaban J connectivity index is 1.50. The lowest BCUT2D eigenvalue weighted by molar-refractivity contribution is -0.130. The van der Waals surface area contributed by atoms with Gasteiger partial charge in [-0.15, -0.1) is 0 Å². The van der Waals surface area contributed by atoms with E-state index in [-0.39, 0.29) is 31.3 Å². The summed E-state index contributed by atoms with van der Waals surface area (Å²) in [6.07, 6.45) is -0.412. The van der Waals surface area contributed by atoms with Gasteiger partial charge in [-0.3, -0.25) is 4.79 Å². The number of esters is 1. The summed E-state index contributed by atoms with van der Waals surface area (Å²) in [5.74, 6) is -0.670. The first kappa shape index (κ1) is 18.6. The van der Waals surface area contributed by atoms with Gasteiger partial charge in [0.1, 0.15) is 6.61 Å². The summed E-state index contributed by atoms with van der Waals surface area (Å²) in [6, 6.07) is 17.6. The Morgan fingerprint density at radius 1 is 1.00 bits per heavy atom. The monoisotopic (exact) mass is 367 g/mol. The quantitative estimate of drug-likeness (QED) is 0.821. The highest BCUT2D eigenvalue weighted by molar-refractivity contribution is 5.93. The highest BCUT2D eigenvalue weighted by Crippen LogP contribution is 2.20. The Morgan fingerprint density at radius 2 is 1.67 bits per heavy atom. The third-order valence-electron chi connectivity index (χ3n) is 4.39. The highest BCUT2D eigenvalue weighted by Gasteiger charge is 2.32. The van der Waals surface area contributed by atoms with Crippen molar-refractivity contribution in [2.75, 3.05) is 0 Å². The second-order valence-electron chi connectivity index (χ2n) is 6.40. The van der Waals surface area contributed by atoms with Crippen LogP contribution in [-0.2, 0) is 20.9 Å². The van der Waals surface area contributed by atoms with Crippen molar-refractivity contribution in [3.8, 4) is 0 Å². The van der Waals surface area contributed by atoms with Gasteiger partial charge in [-0.05, 0) is 24.1 Å². The number of hydrogen-bond donors (Lipinski definition) is 1. The van der Waals surface area contributed by atoms with Crippen molar-refractivity contribution in [3.63, 3.8) is 0 Å². The van der Waals surface area contributed by atoms with Crippen LogP contribution in [0, 0.1) is 0 Å². The summed E-state index contributed by atoms with van der Waals surface area (Å²) in [6.45, 7) is 0.171. The minimum absolute atomic E-state index is 0.130. The van der Waals surface area contributed by atoms with Gasteiger partial charge in [0.2, 0.25) is 0 Å². The predicted octanol–water partition coefficient (Wildman–Crippen LogP) is 3.26. The summed E-state index contributed by atoms with van der Waals surface area (Å²) in [7, 11) is 0. The lowest BCUT2D eigenvalue weighted by Crippen LogP contribution is -2.44. The molecule has 6 nitrogen and oxygen atoms in total. The van der Waals surface area contributed by atoms with E-state index in [1.54, 1.807) is 30.3 Å². The predicted molar refractivity (Wildman–Crippen MR) is 98.1 cm³/mol. The fourth-order valence-electron chi connectivity index (χ4n) is 2.93. The number of amides is 1. The average Bonchev–Trinajstić information content (AvgIpc) is 2.70. The molecule has 0 aliphatic heterocycles. The summed E-state index contributed by atoms with van der Waals surface area (Å²) in [5, 5.41) is 2.75. The molecule has 1 saturated carbocycles. The lowest BCUT2D eigenvalue weighted by atomic mass is 9.91. The molecule has 1 fully saturated rings. The van der Waals surface area contributed by atoms with Crippen LogP contribution >= 0.6 is 0 Å². The van der Waals surface area contributed by atoms with Crippen LogP contribution in [0.2, 0.25) is 0 Å². The molecule has 1 aliphatic carbocycles. The number of alkyl carbamates (subject to hydrolysis) is 1. The van der Waals surface area contributed by atoms with Crippen LogP contribution in [0.3, 0.4) is 0 Å². The smallest absolute Gasteiger partial charge is 0.407 e. The molecule has 0 heterocycles. The molecule has 2 aromatic rings. The van der Waals surface area contributed by atoms with Crippen molar-refractivity contribution >= 4 is 17.8 Å². The molecule has 2 aromatic carbocycles. The Morgan fingerprint density at radius 3 is 2.37 bits per heavy atom. The molecule has 2 atom stereocenters. The fourth-order valence-corrected chi connectivity index (χ4v) is 2.93. The van der Waals surface area contributed by atoms with Crippen molar-refractivity contribution in [2.24, 2.45) is 0 Å². The van der Waals surface area contributed by atoms with Crippen molar-refractivity contribution < 1.29 is 23.9 Å². The summed E-state index contributed by atoms with van der Waals surface area (Å²) in [5.41, 5.74) is 1.28. The first-order valence-electron chi connectivity index (χ1n) is 8.88. The third-order valence-corrected chi connectivity index (χ3v) is 4.39. The van der Waals surface area contributed by atoms with Crippen LogP contribution in [0.15, 0.2) is 60.7 Å². The molecule has 0 spiro atoms. The zero-order valence-corrected chi connectivity index (χ0v) is 14.8. The molecule has 6 heteroatoms. The van der Waals surface area contributed by atoms with Gasteiger partial charge in [0, 0.05) is 18.9 Å². The zero-order valence-electron chi connectivity index (χ0n) is 14.8. The molecule has 1 aliphatic rings. The molecule has 27 heavy (non-hydrogen) atoms. The first-order chi connectivity index (χ1) is 13.1. The van der Waals surface area contributed by atoms with Gasteiger partial charge in [-0.1, -0.05) is 48.5 Å². The molecule has 3 rings (SSSR count). The number of ether oxygens (including phenoxy) is 2. The van der Waals surface area contributed by atoms with Crippen LogP contribution in [-0.4, -0.2) is 30.0 Å². The number of nitrogens with one attached hydrogen (secondary N) is 1. The number of carbonyl (C=O) groups is 3. The average molecular weight is 367 g/mol. The Labute approximate surface area is 157 Å². The van der Waals surface area contributed by atoms with E-state index in [0.717, 1.165) is 5.56 Å². The van der Waals surface area contributed by atoms with Crippen molar-refractivity contribution in [1.29, 1.82) is 0 Å². The maximum Gasteiger partial charge on any atom is 0.407 e. The molecule has 0 bridgehead atoms. The summed E-state index contributed by atoms with van der Waals surface area (Å²) >= 11 is 0. The highest BCUT2D eigenvalue weighted by atomic mass is 16.6. The van der Waals surface area contributed by atoms with Crippen molar-refractivity contribution in [1.82, 2.24) is 5.32 Å². The standard InChI is InChI=1S/C21H21NO5/c23-18-12-11-17(22-21(25)26-14-15-7-3-1-4-8-15)13-19(18)27-20(24)16-9-5-2-6-10-16/h1-10,17,19H,11-14H2,(H,22,25). The van der Waals surface area contributed by atoms with Gasteiger partial charge >= 0.3 is 12.1 Å². The van der Waals surface area contributed by atoms with E-state index >= 15 is 0 Å². The van der Waals surface area contributed by atoms with Gasteiger partial charge in [-0.2, -0.15) is 0 Å². The Bertz CT molecular complexity index is 791. The number of hydrogen-bond acceptors (Lipinski definition) is 5. The Kier molecular flexibility index (Phi) is 6.20. The van der Waals surface area contributed by atoms with Gasteiger partial charge in [0.05, 0.1) is 5.56 Å². The van der Waals surface area contributed by atoms with Gasteiger partial charge in [0.25, 0.3) is 0 Å². The van der Waals surface area contributed by atoms with Crippen LogP contribution in [0.5, 0.6) is 0 Å². The SMILES string of the molecule is O=C(NC1CCC(=O)C(OC(=O)c2ccccc2)C1)OCc1ccccc1. The minimum atomic E-state index is -0.856. The number of ketones is 1. The molecule has 0 radical (unpaired) electrons. The summed E-state index contributed by atoms with van der Waals surface area (Å²) < 4.78 is 10.6. The molecular weight excluding hydrogens is 346 g/mol. The number of carbonyl (C=O) groups excluding carboxylic acids is 3. The molecule has 2 unspecified atom stereocenters. The van der Waals surface area contributed by atoms with E-state index in [1.165, 1.54) is 0 Å². The summed E-state index contributed by atoms with van der Waals surface area (Å²) in [4.78, 5) is 36.2. The van der Waals surface area contributed by atoms with E-state index in [1.807, 2.05) is 30.3 Å². The first-order valence-corrected chi connectivity index (χ1v) is 8.88. The van der Waals surface area contributed by atoms with E-state index in [0.29, 0.717) is 12.0 Å². The fraction of sp³-hybridized carbons (Fsp3) is 0.286. The van der Waals surface area contributed by atoms with E-state index in [4.69, 9.17) is 9.47 Å². The van der Waals surface area contributed by atoms with Crippen molar-refractivity contribution in [3.05, 3.63) is 71.8 Å². The number of benzene rings is 2. The van der Waals surface area contributed by atoms with Crippen molar-refractivity contribution in [2.45, 2.75) is 38.0 Å². The largest absolute Gasteiger partial charge is 0.451 e. The second-order valence-corrected chi connectivity index (χ2v) is 6.40. The van der Waals surface area contributed by atoms with Crippen LogP contribution < -0.4 is 5.32 Å². The van der Waals surface area contributed by atoms with Gasteiger partial charge in [-0.25, -0.2) is 9.59 Å². The maximum atomic E-state index is 12.2. The topological polar surface area (TPSA) is 81.7 Å². The molecular formula is C21H21NO5. The minimum Gasteiger partial charge on any atom is -0.451 e. The van der Waals surface area contributed by atoms with E-state index in [9.17, 15) is 14.4 Å². The van der Waals surface area contributed by atoms with Gasteiger partial charge < -0.3 is 14.8 Å². The van der Waals surface area contributed by atoms with Crippen LogP contribution in [0.25, 0.3) is 0 Å². The van der Waals surface area contributed by atoms with Crippen LogP contribution in [0.1, 0.15) is 35.2 Å². The zero-order chi connectivity index (χ0) is 19.1.